The summed E-state index contributed by atoms with van der Waals surface area (Å²) in [6.07, 6.45) is 3.23. The van der Waals surface area contributed by atoms with Gasteiger partial charge in [0.25, 0.3) is 0 Å². The van der Waals surface area contributed by atoms with Crippen LogP contribution in [0.3, 0.4) is 0 Å². The van der Waals surface area contributed by atoms with E-state index in [0.29, 0.717) is 5.11 Å². The zero-order valence-electron chi connectivity index (χ0n) is 10.3. The van der Waals surface area contributed by atoms with Crippen molar-refractivity contribution in [1.82, 2.24) is 10.7 Å². The molecule has 1 aromatic carbocycles. The van der Waals surface area contributed by atoms with Crippen LogP contribution in [-0.2, 0) is 0 Å². The standard InChI is InChI=1S/C12H19N3S2/c1-15(11-7-4-3-5-8-11)14-12(16)13-9-6-10-17-2/h3-5,7-8H,6,9-10H2,1-2H3,(H2,13,14,16). The topological polar surface area (TPSA) is 27.3 Å². The number of anilines is 1. The lowest BCUT2D eigenvalue weighted by molar-refractivity contribution is 0.795. The Hall–Kier alpha value is -0.940. The van der Waals surface area contributed by atoms with Crippen molar-refractivity contribution in [3.8, 4) is 0 Å². The summed E-state index contributed by atoms with van der Waals surface area (Å²) in [5, 5.41) is 5.75. The van der Waals surface area contributed by atoms with E-state index in [9.17, 15) is 0 Å². The van der Waals surface area contributed by atoms with E-state index in [2.05, 4.69) is 17.0 Å². The quantitative estimate of drug-likeness (QED) is 0.469. The van der Waals surface area contributed by atoms with E-state index >= 15 is 0 Å². The number of thioether (sulfide) groups is 1. The van der Waals surface area contributed by atoms with Crippen LogP contribution < -0.4 is 15.8 Å². The minimum absolute atomic E-state index is 0.664. The molecule has 0 unspecified atom stereocenters. The number of hydrogen-bond acceptors (Lipinski definition) is 3. The molecule has 0 aliphatic rings. The third kappa shape index (κ3) is 5.79. The van der Waals surface area contributed by atoms with Crippen molar-refractivity contribution in [2.24, 2.45) is 0 Å². The van der Waals surface area contributed by atoms with Gasteiger partial charge in [-0.3, -0.25) is 10.4 Å². The summed E-state index contributed by atoms with van der Waals surface area (Å²) < 4.78 is 0. The molecule has 0 aliphatic heterocycles. The average molecular weight is 269 g/mol. The summed E-state index contributed by atoms with van der Waals surface area (Å²) in [5.41, 5.74) is 4.20. The first-order valence-corrected chi connectivity index (χ1v) is 7.36. The highest BCUT2D eigenvalue weighted by atomic mass is 32.2. The van der Waals surface area contributed by atoms with Crippen LogP contribution in [0.15, 0.2) is 30.3 Å². The summed E-state index contributed by atoms with van der Waals surface area (Å²) in [6.45, 7) is 0.912. The first-order chi connectivity index (χ1) is 8.24. The van der Waals surface area contributed by atoms with Gasteiger partial charge in [-0.25, -0.2) is 0 Å². The SMILES string of the molecule is CSCCCNC(=S)NN(C)c1ccccc1. The molecule has 3 nitrogen and oxygen atoms in total. The van der Waals surface area contributed by atoms with E-state index in [0.717, 1.165) is 24.4 Å². The molecule has 5 heteroatoms. The lowest BCUT2D eigenvalue weighted by atomic mass is 10.3. The van der Waals surface area contributed by atoms with Gasteiger partial charge in [-0.15, -0.1) is 0 Å². The van der Waals surface area contributed by atoms with Crippen LogP contribution in [-0.4, -0.2) is 30.7 Å². The fourth-order valence-corrected chi connectivity index (χ4v) is 2.00. The molecule has 1 rings (SSSR count). The van der Waals surface area contributed by atoms with Gasteiger partial charge in [0.05, 0.1) is 5.69 Å². The molecule has 0 amide bonds. The average Bonchev–Trinajstić information content (AvgIpc) is 2.36. The molecule has 0 saturated carbocycles. The van der Waals surface area contributed by atoms with Gasteiger partial charge in [0, 0.05) is 13.6 Å². The first-order valence-electron chi connectivity index (χ1n) is 5.56. The molecule has 0 spiro atoms. The molecule has 0 aromatic heterocycles. The van der Waals surface area contributed by atoms with E-state index in [1.165, 1.54) is 0 Å². The highest BCUT2D eigenvalue weighted by Gasteiger charge is 2.01. The summed E-state index contributed by atoms with van der Waals surface area (Å²) in [4.78, 5) is 0. The Morgan fingerprint density at radius 1 is 1.35 bits per heavy atom. The van der Waals surface area contributed by atoms with Gasteiger partial charge in [-0.1, -0.05) is 18.2 Å². The molecule has 0 bridgehead atoms. The summed E-state index contributed by atoms with van der Waals surface area (Å²) in [6, 6.07) is 10.1. The second-order valence-electron chi connectivity index (χ2n) is 3.61. The number of hydrogen-bond donors (Lipinski definition) is 2. The number of nitrogens with zero attached hydrogens (tertiary/aromatic N) is 1. The fraction of sp³-hybridized carbons (Fsp3) is 0.417. The van der Waals surface area contributed by atoms with Gasteiger partial charge in [0.15, 0.2) is 5.11 Å². The minimum Gasteiger partial charge on any atom is -0.361 e. The van der Waals surface area contributed by atoms with Gasteiger partial charge in [-0.2, -0.15) is 11.8 Å². The van der Waals surface area contributed by atoms with Crippen molar-refractivity contribution in [3.63, 3.8) is 0 Å². The van der Waals surface area contributed by atoms with Crippen molar-refractivity contribution in [1.29, 1.82) is 0 Å². The van der Waals surface area contributed by atoms with Gasteiger partial charge < -0.3 is 5.32 Å². The van der Waals surface area contributed by atoms with Crippen molar-refractivity contribution in [2.75, 3.05) is 30.6 Å². The van der Waals surface area contributed by atoms with Crippen LogP contribution >= 0.6 is 24.0 Å². The van der Waals surface area contributed by atoms with Crippen molar-refractivity contribution in [2.45, 2.75) is 6.42 Å². The third-order valence-corrected chi connectivity index (χ3v) is 3.16. The predicted molar refractivity (Wildman–Crippen MR) is 81.6 cm³/mol. The van der Waals surface area contributed by atoms with E-state index < -0.39 is 0 Å². The molecule has 2 N–H and O–H groups in total. The largest absolute Gasteiger partial charge is 0.361 e. The Bertz CT molecular complexity index is 330. The Morgan fingerprint density at radius 2 is 2.06 bits per heavy atom. The molecule has 1 aromatic rings. The molecular weight excluding hydrogens is 250 g/mol. The maximum atomic E-state index is 5.21. The van der Waals surface area contributed by atoms with E-state index in [4.69, 9.17) is 12.2 Å². The van der Waals surface area contributed by atoms with E-state index in [1.54, 1.807) is 0 Å². The highest BCUT2D eigenvalue weighted by molar-refractivity contribution is 7.98. The van der Waals surface area contributed by atoms with Crippen LogP contribution in [0, 0.1) is 0 Å². The van der Waals surface area contributed by atoms with Gasteiger partial charge in [-0.05, 0) is 42.8 Å². The van der Waals surface area contributed by atoms with Gasteiger partial charge in [0.1, 0.15) is 0 Å². The number of nitrogens with one attached hydrogen (secondary N) is 2. The van der Waals surface area contributed by atoms with Gasteiger partial charge >= 0.3 is 0 Å². The number of rotatable bonds is 6. The van der Waals surface area contributed by atoms with Crippen molar-refractivity contribution in [3.05, 3.63) is 30.3 Å². The van der Waals surface area contributed by atoms with Crippen LogP contribution in [0.4, 0.5) is 5.69 Å². The van der Waals surface area contributed by atoms with Crippen molar-refractivity contribution >= 4 is 34.8 Å². The fourth-order valence-electron chi connectivity index (χ4n) is 1.33. The molecule has 94 valence electrons. The zero-order valence-corrected chi connectivity index (χ0v) is 11.9. The normalized spacial score (nSPS) is 9.76. The van der Waals surface area contributed by atoms with Gasteiger partial charge in [0.2, 0.25) is 0 Å². The zero-order chi connectivity index (χ0) is 12.5. The molecule has 17 heavy (non-hydrogen) atoms. The molecule has 0 radical (unpaired) electrons. The molecule has 0 fully saturated rings. The molecule has 0 atom stereocenters. The summed E-state index contributed by atoms with van der Waals surface area (Å²) >= 11 is 7.06. The molecule has 0 aliphatic carbocycles. The van der Waals surface area contributed by atoms with E-state index in [-0.39, 0.29) is 0 Å². The van der Waals surface area contributed by atoms with E-state index in [1.807, 2.05) is 54.2 Å². The second-order valence-corrected chi connectivity index (χ2v) is 5.00. The Morgan fingerprint density at radius 3 is 2.71 bits per heavy atom. The molecular formula is C12H19N3S2. The Kier molecular flexibility index (Phi) is 6.81. The Balaban J connectivity index is 2.26. The second kappa shape index (κ2) is 8.20. The minimum atomic E-state index is 0.664. The van der Waals surface area contributed by atoms with Crippen LogP contribution in [0.2, 0.25) is 0 Å². The van der Waals surface area contributed by atoms with Crippen molar-refractivity contribution < 1.29 is 0 Å². The highest BCUT2D eigenvalue weighted by Crippen LogP contribution is 2.07. The Labute approximate surface area is 113 Å². The molecule has 0 saturated heterocycles. The number of para-hydroxylation sites is 1. The number of thiocarbonyl (C=S) groups is 1. The number of hydrazine groups is 1. The maximum absolute atomic E-state index is 5.21. The lowest BCUT2D eigenvalue weighted by Gasteiger charge is -2.22. The third-order valence-electron chi connectivity index (χ3n) is 2.22. The van der Waals surface area contributed by atoms with Crippen LogP contribution in [0.1, 0.15) is 6.42 Å². The summed E-state index contributed by atoms with van der Waals surface area (Å²) in [7, 11) is 1.95. The molecule has 0 heterocycles. The first kappa shape index (κ1) is 14.1. The van der Waals surface area contributed by atoms with Crippen LogP contribution in [0.25, 0.3) is 0 Å². The van der Waals surface area contributed by atoms with Crippen LogP contribution in [0.5, 0.6) is 0 Å². The predicted octanol–water partition coefficient (Wildman–Crippen LogP) is 2.26. The number of benzene rings is 1. The monoisotopic (exact) mass is 269 g/mol. The maximum Gasteiger partial charge on any atom is 0.185 e. The summed E-state index contributed by atoms with van der Waals surface area (Å²) in [5.74, 6) is 1.16. The smallest absolute Gasteiger partial charge is 0.185 e. The lowest BCUT2D eigenvalue weighted by Crippen LogP contribution is -2.45.